The summed E-state index contributed by atoms with van der Waals surface area (Å²) in [7, 11) is 1.61. The summed E-state index contributed by atoms with van der Waals surface area (Å²) >= 11 is 12.1. The van der Waals surface area contributed by atoms with Crippen LogP contribution in [0.15, 0.2) is 167 Å². The molecule has 0 unspecified atom stereocenters. The van der Waals surface area contributed by atoms with Crippen LogP contribution in [0.25, 0.3) is 11.1 Å². The molecule has 0 radical (unpaired) electrons. The molecule has 0 saturated carbocycles. The van der Waals surface area contributed by atoms with Crippen LogP contribution in [0.5, 0.6) is 11.5 Å². The van der Waals surface area contributed by atoms with Gasteiger partial charge in [-0.2, -0.15) is 39.5 Å². The normalized spacial score (nSPS) is 10.5. The van der Waals surface area contributed by atoms with Crippen molar-refractivity contribution in [3.63, 3.8) is 0 Å². The van der Waals surface area contributed by atoms with Crippen molar-refractivity contribution >= 4 is 61.7 Å². The Hall–Kier alpha value is -6.66. The van der Waals surface area contributed by atoms with Crippen LogP contribution in [0.1, 0.15) is 61.9 Å². The van der Waals surface area contributed by atoms with Crippen molar-refractivity contribution in [1.82, 2.24) is 29.9 Å². The molecule has 0 aliphatic carbocycles. The molecule has 0 aliphatic heterocycles. The molecule has 8 aromatic rings. The van der Waals surface area contributed by atoms with Crippen molar-refractivity contribution in [2.45, 2.75) is 53.7 Å². The summed E-state index contributed by atoms with van der Waals surface area (Å²) in [5, 5.41) is 18.1. The van der Waals surface area contributed by atoms with Crippen molar-refractivity contribution in [2.24, 2.45) is 0 Å². The second-order valence-corrected chi connectivity index (χ2v) is 16.5. The molecule has 0 saturated heterocycles. The van der Waals surface area contributed by atoms with Crippen molar-refractivity contribution < 1.29 is 59.0 Å². The molecule has 76 heavy (non-hydrogen) atoms. The summed E-state index contributed by atoms with van der Waals surface area (Å²) in [6.07, 6.45) is -4.03. The fraction of sp³-hybridized carbons (Fsp3) is 0.192. The monoisotopic (exact) mass is 1210 g/mol. The van der Waals surface area contributed by atoms with Crippen LogP contribution in [-0.4, -0.2) is 61.3 Å². The largest absolute Gasteiger partial charge is 0.497 e. The minimum Gasteiger partial charge on any atom is -0.497 e. The van der Waals surface area contributed by atoms with Crippen LogP contribution < -0.4 is 20.7 Å². The number of halogens is 12. The fourth-order valence-electron chi connectivity index (χ4n) is 5.84. The summed E-state index contributed by atoms with van der Waals surface area (Å²) in [6.45, 7) is 0. The predicted octanol–water partition coefficient (Wildman–Crippen LogP) is 14.1. The molecule has 8 rings (SSSR count). The summed E-state index contributed by atoms with van der Waals surface area (Å²) < 4.78 is 122. The molecular weight excluding hydrogens is 1160 g/mol. The van der Waals surface area contributed by atoms with Crippen LogP contribution in [0, 0.1) is 0 Å². The van der Waals surface area contributed by atoms with Crippen LogP contribution in [0.4, 0.5) is 45.2 Å². The first-order valence-corrected chi connectivity index (χ1v) is 22.7. The van der Waals surface area contributed by atoms with Gasteiger partial charge in [-0.25, -0.2) is 9.97 Å². The lowest BCUT2D eigenvalue weighted by Gasteiger charge is -2.12. The minimum absolute atomic E-state index is 0. The number of ether oxygens (including phenoxy) is 2. The summed E-state index contributed by atoms with van der Waals surface area (Å²) in [4.78, 5) is 22.3. The Morgan fingerprint density at radius 3 is 1.33 bits per heavy atom. The van der Waals surface area contributed by atoms with E-state index in [-0.39, 0.29) is 28.0 Å². The zero-order valence-electron chi connectivity index (χ0n) is 38.0. The van der Waals surface area contributed by atoms with Gasteiger partial charge < -0.3 is 25.3 Å². The lowest BCUT2D eigenvalue weighted by Crippen LogP contribution is -2.30. The number of hydrogen-bond donors (Lipinski definition) is 3. The molecule has 0 spiro atoms. The highest BCUT2D eigenvalue weighted by molar-refractivity contribution is 9.10. The third kappa shape index (κ3) is 21.9. The number of rotatable bonds is 8. The quantitative estimate of drug-likeness (QED) is 0.0754. The predicted molar refractivity (Wildman–Crippen MR) is 286 cm³/mol. The van der Waals surface area contributed by atoms with Gasteiger partial charge in [-0.1, -0.05) is 88.5 Å². The third-order valence-electron chi connectivity index (χ3n) is 9.30. The molecule has 0 fully saturated rings. The Balaban J connectivity index is 0.000000499. The van der Waals surface area contributed by atoms with Crippen LogP contribution >= 0.6 is 43.5 Å². The zero-order valence-corrected chi connectivity index (χ0v) is 41.9. The maximum absolute atomic E-state index is 12.6. The van der Waals surface area contributed by atoms with Gasteiger partial charge in [-0.05, 0) is 110 Å². The first kappa shape index (κ1) is 67.4. The molecule has 2 aromatic carbocycles. The Morgan fingerprint density at radius 2 is 0.921 bits per heavy atom. The number of aromatic nitrogens is 6. The molecule has 24 heteroatoms. The van der Waals surface area contributed by atoms with Gasteiger partial charge in [-0.3, -0.25) is 19.9 Å². The third-order valence-corrected chi connectivity index (χ3v) is 11.2. The Morgan fingerprint density at radius 1 is 0.500 bits per heavy atom. The van der Waals surface area contributed by atoms with Crippen molar-refractivity contribution in [2.75, 3.05) is 20.0 Å². The highest BCUT2D eigenvalue weighted by atomic mass is 79.9. The number of alkyl halides is 9. The maximum Gasteiger partial charge on any atom is 0.492 e. The Bertz CT molecular complexity index is 2930. The number of nitrogen functional groups attached to an aromatic ring is 1. The second kappa shape index (κ2) is 32.0. The number of benzene rings is 2. The molecule has 11 nitrogen and oxygen atoms in total. The van der Waals surface area contributed by atoms with E-state index in [2.05, 4.69) is 61.8 Å². The molecule has 6 aromatic heterocycles. The molecule has 406 valence electrons. The van der Waals surface area contributed by atoms with Crippen molar-refractivity contribution in [3.8, 4) is 22.6 Å². The van der Waals surface area contributed by atoms with E-state index in [1.165, 1.54) is 31.6 Å². The van der Waals surface area contributed by atoms with E-state index in [1.54, 1.807) is 56.0 Å². The van der Waals surface area contributed by atoms with Crippen LogP contribution in [0.2, 0.25) is 5.15 Å². The van der Waals surface area contributed by atoms with E-state index in [0.717, 1.165) is 61.9 Å². The first-order chi connectivity index (χ1) is 34.5. The van der Waals surface area contributed by atoms with E-state index in [0.29, 0.717) is 46.1 Å². The number of hydrogen-bond acceptors (Lipinski definition) is 11. The molecule has 0 bridgehead atoms. The zero-order chi connectivity index (χ0) is 53.8. The van der Waals surface area contributed by atoms with E-state index in [1.807, 2.05) is 54.6 Å². The molecule has 0 amide bonds. The van der Waals surface area contributed by atoms with Gasteiger partial charge in [0.1, 0.15) is 33.7 Å². The Kier molecular flexibility index (Phi) is 28.4. The SMILES string of the molecule is C.C.C.COc1ccccc1-c1cccnc1Cc1ccc(C(F)(F)F)nc1.COc1ccccc1B(O)O.Clc1ncccc1Br.FC(F)(F)c1ccc(Cc2ncccc2Br)cn1.Nc1ccc(C(F)(F)F)nc1. The lowest BCUT2D eigenvalue weighted by molar-refractivity contribution is -0.142. The van der Waals surface area contributed by atoms with Gasteiger partial charge in [-0.15, -0.1) is 0 Å². The number of nitrogens with two attached hydrogens (primary N) is 1. The lowest BCUT2D eigenvalue weighted by atomic mass is 9.80. The maximum atomic E-state index is 12.6. The number of pyridine rings is 6. The van der Waals surface area contributed by atoms with Gasteiger partial charge >= 0.3 is 25.6 Å². The Labute approximate surface area is 456 Å². The summed E-state index contributed by atoms with van der Waals surface area (Å²) in [6, 6.07) is 32.1. The number of nitrogens with zero attached hydrogens (tertiary/aromatic N) is 6. The van der Waals surface area contributed by atoms with E-state index >= 15 is 0 Å². The van der Waals surface area contributed by atoms with Gasteiger partial charge in [0.05, 0.1) is 42.0 Å². The summed E-state index contributed by atoms with van der Waals surface area (Å²) in [5.41, 5.74) is 7.64. The first-order valence-electron chi connectivity index (χ1n) is 20.8. The molecular formula is C52H52BBr2ClF9N7O4. The molecule has 4 N–H and O–H groups in total. The average molecular weight is 1220 g/mol. The smallest absolute Gasteiger partial charge is 0.492 e. The fourth-order valence-corrected chi connectivity index (χ4v) is 6.61. The average Bonchev–Trinajstić information content (AvgIpc) is 3.36. The molecule has 0 aliphatic rings. The summed E-state index contributed by atoms with van der Waals surface area (Å²) in [5.74, 6) is 1.20. The molecule has 6 heterocycles. The standard InChI is InChI=1S/C19H15F3N2O.C12H8BrF3N2.C7H9BO3.C6H5F3N2.C5H3BrClN.3CH4/c1-25-17-7-3-2-5-15(17)14-6-4-10-23-16(14)11-13-8-9-18(24-12-13)19(20,21)22;13-9-2-1-5-17-10(9)6-8-3-4-11(18-7-8)12(14,15)16;1-11-7-5-3-2-4-6(7)8(9)10;7-6(8,9)5-2-1-4(10)3-11-5;6-4-2-1-3-8-5(4)7;;;/h2-10,12H,11H2,1H3;1-5,7H,6H2;2-5,9-10H,1H3;1-3H,10H2;1-3H;3*1H4. The minimum atomic E-state index is -4.44. The van der Waals surface area contributed by atoms with Gasteiger partial charge in [0.15, 0.2) is 0 Å². The highest BCUT2D eigenvalue weighted by Crippen LogP contribution is 2.33. The van der Waals surface area contributed by atoms with Crippen LogP contribution in [0.3, 0.4) is 0 Å². The number of para-hydroxylation sites is 2. The van der Waals surface area contributed by atoms with Gasteiger partial charge in [0.2, 0.25) is 0 Å². The van der Waals surface area contributed by atoms with E-state index in [9.17, 15) is 39.5 Å². The topological polar surface area (TPSA) is 162 Å². The van der Waals surface area contributed by atoms with Crippen molar-refractivity contribution in [3.05, 3.63) is 212 Å². The second-order valence-electron chi connectivity index (χ2n) is 14.4. The van der Waals surface area contributed by atoms with E-state index < -0.39 is 42.7 Å². The highest BCUT2D eigenvalue weighted by Gasteiger charge is 2.33. The molecule has 0 atom stereocenters. The van der Waals surface area contributed by atoms with Crippen molar-refractivity contribution in [1.29, 1.82) is 0 Å². The van der Waals surface area contributed by atoms with Gasteiger partial charge in [0.25, 0.3) is 0 Å². The number of methoxy groups -OCH3 is 2. The van der Waals surface area contributed by atoms with Gasteiger partial charge in [0, 0.05) is 64.9 Å². The number of anilines is 1. The van der Waals surface area contributed by atoms with Crippen LogP contribution in [-0.2, 0) is 31.4 Å². The van der Waals surface area contributed by atoms with E-state index in [4.69, 9.17) is 36.9 Å².